The van der Waals surface area contributed by atoms with Crippen LogP contribution in [0.3, 0.4) is 0 Å². The van der Waals surface area contributed by atoms with Gasteiger partial charge in [-0.1, -0.05) is 6.42 Å². The number of anilines is 1. The van der Waals surface area contributed by atoms with E-state index in [9.17, 15) is 8.42 Å². The monoisotopic (exact) mass is 268 g/mol. The predicted octanol–water partition coefficient (Wildman–Crippen LogP) is 1.96. The highest BCUT2D eigenvalue weighted by Crippen LogP contribution is 2.26. The zero-order valence-corrected chi connectivity index (χ0v) is 11.7. The molecule has 0 unspecified atom stereocenters. The second-order valence-electron chi connectivity index (χ2n) is 5.10. The Balaban J connectivity index is 2.18. The van der Waals surface area contributed by atoms with Crippen molar-refractivity contribution >= 4 is 15.7 Å². The molecule has 0 heterocycles. The zero-order chi connectivity index (χ0) is 13.3. The molecular weight excluding hydrogens is 248 g/mol. The van der Waals surface area contributed by atoms with Gasteiger partial charge < -0.3 is 5.73 Å². The Kier molecular flexibility index (Phi) is 3.64. The van der Waals surface area contributed by atoms with Crippen molar-refractivity contribution < 1.29 is 8.42 Å². The zero-order valence-electron chi connectivity index (χ0n) is 10.9. The molecule has 0 amide bonds. The van der Waals surface area contributed by atoms with Crippen LogP contribution in [0.25, 0.3) is 0 Å². The van der Waals surface area contributed by atoms with Crippen LogP contribution in [-0.4, -0.2) is 15.0 Å². The normalized spacial score (nSPS) is 16.6. The molecule has 0 atom stereocenters. The van der Waals surface area contributed by atoms with Crippen LogP contribution >= 0.6 is 0 Å². The van der Waals surface area contributed by atoms with Gasteiger partial charge in [0.05, 0.1) is 4.90 Å². The van der Waals surface area contributed by atoms with Crippen molar-refractivity contribution in [1.82, 2.24) is 4.72 Å². The van der Waals surface area contributed by atoms with E-state index in [2.05, 4.69) is 4.72 Å². The Labute approximate surface area is 109 Å². The van der Waals surface area contributed by atoms with E-state index in [1.54, 1.807) is 6.07 Å². The molecule has 0 aliphatic heterocycles. The fraction of sp³-hybridized carbons (Fsp3) is 0.538. The summed E-state index contributed by atoms with van der Waals surface area (Å²) in [6.07, 6.45) is 3.46. The molecule has 1 fully saturated rings. The van der Waals surface area contributed by atoms with Gasteiger partial charge in [0.1, 0.15) is 0 Å². The highest BCUT2D eigenvalue weighted by Gasteiger charge is 2.21. The standard InChI is InChI=1S/C13H20N2O2S/c1-9-6-12(7-13(14)10(9)2)18(16,17)15-8-11-4-3-5-11/h6-7,11,15H,3-5,8,14H2,1-2H3. The minimum atomic E-state index is -3.42. The molecule has 1 aromatic carbocycles. The first-order chi connectivity index (χ1) is 8.40. The summed E-state index contributed by atoms with van der Waals surface area (Å²) < 4.78 is 26.9. The van der Waals surface area contributed by atoms with Gasteiger partial charge >= 0.3 is 0 Å². The molecule has 0 radical (unpaired) electrons. The summed E-state index contributed by atoms with van der Waals surface area (Å²) in [6.45, 7) is 4.30. The topological polar surface area (TPSA) is 72.2 Å². The number of hydrogen-bond donors (Lipinski definition) is 2. The molecule has 2 rings (SSSR count). The molecule has 100 valence electrons. The van der Waals surface area contributed by atoms with Crippen LogP contribution in [-0.2, 0) is 10.0 Å². The van der Waals surface area contributed by atoms with Crippen molar-refractivity contribution in [3.8, 4) is 0 Å². The molecule has 18 heavy (non-hydrogen) atoms. The van der Waals surface area contributed by atoms with E-state index in [1.165, 1.54) is 12.5 Å². The van der Waals surface area contributed by atoms with Gasteiger partial charge in [0.25, 0.3) is 0 Å². The summed E-state index contributed by atoms with van der Waals surface area (Å²) in [4.78, 5) is 0.266. The van der Waals surface area contributed by atoms with E-state index >= 15 is 0 Å². The number of rotatable bonds is 4. The number of nitrogen functional groups attached to an aromatic ring is 1. The Bertz CT molecular complexity index is 525. The quantitative estimate of drug-likeness (QED) is 0.820. The largest absolute Gasteiger partial charge is 0.398 e. The predicted molar refractivity (Wildman–Crippen MR) is 72.9 cm³/mol. The van der Waals surface area contributed by atoms with Crippen molar-refractivity contribution in [1.29, 1.82) is 0 Å². The molecule has 1 saturated carbocycles. The molecule has 1 aliphatic carbocycles. The molecular formula is C13H20N2O2S. The molecule has 4 nitrogen and oxygen atoms in total. The number of hydrogen-bond acceptors (Lipinski definition) is 3. The lowest BCUT2D eigenvalue weighted by Gasteiger charge is -2.25. The first-order valence-corrected chi connectivity index (χ1v) is 7.75. The molecule has 0 saturated heterocycles. The van der Waals surface area contributed by atoms with Gasteiger partial charge in [-0.25, -0.2) is 13.1 Å². The Morgan fingerprint density at radius 1 is 1.33 bits per heavy atom. The van der Waals surface area contributed by atoms with Crippen LogP contribution in [0.1, 0.15) is 30.4 Å². The smallest absolute Gasteiger partial charge is 0.240 e. The summed E-state index contributed by atoms with van der Waals surface area (Å²) in [7, 11) is -3.42. The lowest BCUT2D eigenvalue weighted by atomic mass is 9.86. The maximum Gasteiger partial charge on any atom is 0.240 e. The van der Waals surface area contributed by atoms with Crippen LogP contribution in [0.5, 0.6) is 0 Å². The summed E-state index contributed by atoms with van der Waals surface area (Å²) in [5.74, 6) is 0.503. The number of nitrogens with two attached hydrogens (primary N) is 1. The summed E-state index contributed by atoms with van der Waals surface area (Å²) in [6, 6.07) is 3.21. The van der Waals surface area contributed by atoms with E-state index in [1.807, 2.05) is 13.8 Å². The van der Waals surface area contributed by atoms with Gasteiger partial charge in [-0.2, -0.15) is 0 Å². The van der Waals surface area contributed by atoms with Crippen molar-refractivity contribution in [2.45, 2.75) is 38.0 Å². The van der Waals surface area contributed by atoms with Gasteiger partial charge in [-0.15, -0.1) is 0 Å². The molecule has 0 spiro atoms. The molecule has 0 bridgehead atoms. The highest BCUT2D eigenvalue weighted by atomic mass is 32.2. The first-order valence-electron chi connectivity index (χ1n) is 6.26. The molecule has 0 aromatic heterocycles. The van der Waals surface area contributed by atoms with Gasteiger partial charge in [-0.3, -0.25) is 0 Å². The molecule has 3 N–H and O–H groups in total. The lowest BCUT2D eigenvalue weighted by Crippen LogP contribution is -2.32. The number of sulfonamides is 1. The summed E-state index contributed by atoms with van der Waals surface area (Å²) in [5, 5.41) is 0. The van der Waals surface area contributed by atoms with Crippen molar-refractivity contribution in [3.63, 3.8) is 0 Å². The van der Waals surface area contributed by atoms with Crippen LogP contribution in [0.4, 0.5) is 5.69 Å². The van der Waals surface area contributed by atoms with Crippen molar-refractivity contribution in [2.75, 3.05) is 12.3 Å². The van der Waals surface area contributed by atoms with Gasteiger partial charge in [-0.05, 0) is 55.9 Å². The fourth-order valence-electron chi connectivity index (χ4n) is 2.02. The third-order valence-electron chi connectivity index (χ3n) is 3.78. The summed E-state index contributed by atoms with van der Waals surface area (Å²) >= 11 is 0. The Morgan fingerprint density at radius 2 is 2.00 bits per heavy atom. The first kappa shape index (κ1) is 13.4. The highest BCUT2D eigenvalue weighted by molar-refractivity contribution is 7.89. The maximum atomic E-state index is 12.1. The van der Waals surface area contributed by atoms with Crippen LogP contribution < -0.4 is 10.5 Å². The third-order valence-corrected chi connectivity index (χ3v) is 5.18. The van der Waals surface area contributed by atoms with Crippen molar-refractivity contribution in [2.24, 2.45) is 5.92 Å². The van der Waals surface area contributed by atoms with E-state index in [0.717, 1.165) is 24.0 Å². The second-order valence-corrected chi connectivity index (χ2v) is 6.87. The maximum absolute atomic E-state index is 12.1. The average molecular weight is 268 g/mol. The van der Waals surface area contributed by atoms with Crippen LogP contribution in [0.15, 0.2) is 17.0 Å². The van der Waals surface area contributed by atoms with Crippen LogP contribution in [0.2, 0.25) is 0 Å². The molecule has 1 aliphatic rings. The number of benzene rings is 1. The molecule has 1 aromatic rings. The van der Waals surface area contributed by atoms with Crippen molar-refractivity contribution in [3.05, 3.63) is 23.3 Å². The van der Waals surface area contributed by atoms with Gasteiger partial charge in [0.15, 0.2) is 0 Å². The lowest BCUT2D eigenvalue weighted by molar-refractivity contribution is 0.316. The summed E-state index contributed by atoms with van der Waals surface area (Å²) in [5.41, 5.74) is 8.19. The molecule has 5 heteroatoms. The minimum Gasteiger partial charge on any atom is -0.398 e. The van der Waals surface area contributed by atoms with Gasteiger partial charge in [0.2, 0.25) is 10.0 Å². The van der Waals surface area contributed by atoms with E-state index < -0.39 is 10.0 Å². The van der Waals surface area contributed by atoms with Gasteiger partial charge in [0, 0.05) is 12.2 Å². The third kappa shape index (κ3) is 2.67. The minimum absolute atomic E-state index is 0.266. The average Bonchev–Trinajstić information content (AvgIpc) is 2.22. The fourth-order valence-corrected chi connectivity index (χ4v) is 3.25. The van der Waals surface area contributed by atoms with E-state index in [-0.39, 0.29) is 4.90 Å². The number of aryl methyl sites for hydroxylation is 1. The van der Waals surface area contributed by atoms with E-state index in [4.69, 9.17) is 5.73 Å². The Hall–Kier alpha value is -1.07. The second kappa shape index (κ2) is 4.90. The van der Waals surface area contributed by atoms with E-state index in [0.29, 0.717) is 18.2 Å². The number of nitrogens with one attached hydrogen (secondary N) is 1. The Morgan fingerprint density at radius 3 is 2.50 bits per heavy atom. The van der Waals surface area contributed by atoms with Crippen LogP contribution in [0, 0.1) is 19.8 Å². The SMILES string of the molecule is Cc1cc(S(=O)(=O)NCC2CCC2)cc(N)c1C.